The minimum absolute atomic E-state index is 0.0228. The van der Waals surface area contributed by atoms with Gasteiger partial charge in [-0.2, -0.15) is 0 Å². The molecular formula is C22H18ClFO3S. The number of carbonyl (C=O) groups is 1. The van der Waals surface area contributed by atoms with Crippen LogP contribution in [0.2, 0.25) is 5.02 Å². The van der Waals surface area contributed by atoms with Crippen LogP contribution in [0.25, 0.3) is 0 Å². The lowest BCUT2D eigenvalue weighted by Crippen LogP contribution is -2.19. The van der Waals surface area contributed by atoms with Crippen LogP contribution in [0.1, 0.15) is 33.2 Å². The maximum atomic E-state index is 14.5. The molecule has 28 heavy (non-hydrogen) atoms. The number of aryl methyl sites for hydroxylation is 1. The van der Waals surface area contributed by atoms with Crippen molar-refractivity contribution in [2.75, 3.05) is 0 Å². The zero-order valence-electron chi connectivity index (χ0n) is 15.1. The molecule has 1 atom stereocenters. The number of carbonyl (C=O) groups excluding carboxylic acids is 1. The van der Waals surface area contributed by atoms with Gasteiger partial charge in [-0.15, -0.1) is 0 Å². The van der Waals surface area contributed by atoms with Gasteiger partial charge in [0.25, 0.3) is 0 Å². The Balaban J connectivity index is 2.05. The first-order chi connectivity index (χ1) is 13.3. The quantitative estimate of drug-likeness (QED) is 0.493. The van der Waals surface area contributed by atoms with Crippen LogP contribution in [0.4, 0.5) is 4.39 Å². The number of hydrogen-bond acceptors (Lipinski definition) is 3. The summed E-state index contributed by atoms with van der Waals surface area (Å²) < 4.78 is 41.0. The van der Waals surface area contributed by atoms with Gasteiger partial charge in [0, 0.05) is 22.6 Å². The smallest absolute Gasteiger partial charge is 0.185 e. The number of hydrogen-bond donors (Lipinski definition) is 0. The molecule has 3 aromatic rings. The largest absolute Gasteiger partial charge is 0.294 e. The molecule has 0 aliphatic heterocycles. The van der Waals surface area contributed by atoms with E-state index in [-0.39, 0.29) is 16.9 Å². The second-order valence-electron chi connectivity index (χ2n) is 6.50. The molecule has 0 bridgehead atoms. The summed E-state index contributed by atoms with van der Waals surface area (Å²) in [5, 5.41) is -0.867. The van der Waals surface area contributed by atoms with Crippen LogP contribution in [0.3, 0.4) is 0 Å². The average Bonchev–Trinajstić information content (AvgIpc) is 2.67. The SMILES string of the molecule is Cc1ccc(S(=O)(=O)[C@@H](CC(=O)c2ccc(Cl)cc2)c2ccccc2F)cc1. The summed E-state index contributed by atoms with van der Waals surface area (Å²) in [7, 11) is -3.99. The van der Waals surface area contributed by atoms with Crippen LogP contribution in [-0.2, 0) is 9.84 Å². The third kappa shape index (κ3) is 4.32. The molecule has 144 valence electrons. The van der Waals surface area contributed by atoms with Gasteiger partial charge in [-0.1, -0.05) is 47.5 Å². The van der Waals surface area contributed by atoms with Gasteiger partial charge < -0.3 is 0 Å². The van der Waals surface area contributed by atoms with Crippen molar-refractivity contribution >= 4 is 27.2 Å². The van der Waals surface area contributed by atoms with Gasteiger partial charge in [0.15, 0.2) is 15.6 Å². The van der Waals surface area contributed by atoms with Crippen molar-refractivity contribution in [3.8, 4) is 0 Å². The monoisotopic (exact) mass is 416 g/mol. The average molecular weight is 417 g/mol. The van der Waals surface area contributed by atoms with Crippen LogP contribution < -0.4 is 0 Å². The van der Waals surface area contributed by atoms with Gasteiger partial charge in [0.1, 0.15) is 11.1 Å². The van der Waals surface area contributed by atoms with Gasteiger partial charge in [0.05, 0.1) is 4.90 Å². The molecule has 0 aromatic heterocycles. The number of ketones is 1. The van der Waals surface area contributed by atoms with E-state index in [1.807, 2.05) is 6.92 Å². The van der Waals surface area contributed by atoms with Gasteiger partial charge in [-0.05, 0) is 49.4 Å². The van der Waals surface area contributed by atoms with Crippen molar-refractivity contribution < 1.29 is 17.6 Å². The second kappa shape index (κ2) is 8.25. The Labute approximate surface area is 168 Å². The minimum Gasteiger partial charge on any atom is -0.294 e. The van der Waals surface area contributed by atoms with Crippen LogP contribution in [0.15, 0.2) is 77.7 Å². The summed E-state index contributed by atoms with van der Waals surface area (Å²) in [6.45, 7) is 1.84. The van der Waals surface area contributed by atoms with E-state index in [1.54, 1.807) is 30.3 Å². The van der Waals surface area contributed by atoms with E-state index in [2.05, 4.69) is 0 Å². The van der Waals surface area contributed by atoms with Crippen LogP contribution in [0.5, 0.6) is 0 Å². The third-order valence-electron chi connectivity index (χ3n) is 4.51. The Kier molecular flexibility index (Phi) is 5.96. The van der Waals surface area contributed by atoms with E-state index in [4.69, 9.17) is 11.6 Å². The summed E-state index contributed by atoms with van der Waals surface area (Å²) in [6, 6.07) is 18.1. The number of sulfone groups is 1. The Bertz CT molecular complexity index is 1090. The Morgan fingerprint density at radius 1 is 0.964 bits per heavy atom. The molecule has 6 heteroatoms. The third-order valence-corrected chi connectivity index (χ3v) is 6.86. The van der Waals surface area contributed by atoms with Crippen molar-refractivity contribution in [2.24, 2.45) is 0 Å². The molecule has 0 radical (unpaired) electrons. The molecule has 3 rings (SSSR count). The molecule has 0 fully saturated rings. The highest BCUT2D eigenvalue weighted by molar-refractivity contribution is 7.91. The van der Waals surface area contributed by atoms with E-state index in [0.29, 0.717) is 10.6 Å². The fraction of sp³-hybridized carbons (Fsp3) is 0.136. The maximum absolute atomic E-state index is 14.5. The highest BCUT2D eigenvalue weighted by atomic mass is 35.5. The van der Waals surface area contributed by atoms with E-state index >= 15 is 0 Å². The van der Waals surface area contributed by atoms with Gasteiger partial charge in [0.2, 0.25) is 0 Å². The lowest BCUT2D eigenvalue weighted by Gasteiger charge is -2.19. The lowest BCUT2D eigenvalue weighted by molar-refractivity contribution is 0.0980. The van der Waals surface area contributed by atoms with E-state index in [0.717, 1.165) is 5.56 Å². The molecule has 0 saturated carbocycles. The number of Topliss-reactive ketones (excluding diaryl/α,β-unsaturated/α-hetero) is 1. The highest BCUT2D eigenvalue weighted by Crippen LogP contribution is 2.34. The first kappa shape index (κ1) is 20.2. The van der Waals surface area contributed by atoms with E-state index in [1.165, 1.54) is 42.5 Å². The van der Waals surface area contributed by atoms with E-state index < -0.39 is 26.7 Å². The van der Waals surface area contributed by atoms with Crippen molar-refractivity contribution in [3.63, 3.8) is 0 Å². The number of benzene rings is 3. The summed E-state index contributed by atoms with van der Waals surface area (Å²) in [4.78, 5) is 12.8. The normalized spacial score (nSPS) is 12.5. The van der Waals surface area contributed by atoms with Crippen molar-refractivity contribution in [1.82, 2.24) is 0 Å². The Morgan fingerprint density at radius 2 is 1.57 bits per heavy atom. The lowest BCUT2D eigenvalue weighted by atomic mass is 10.0. The molecule has 3 aromatic carbocycles. The van der Waals surface area contributed by atoms with E-state index in [9.17, 15) is 17.6 Å². The molecule has 0 spiro atoms. The molecular weight excluding hydrogens is 399 g/mol. The number of halogens is 2. The van der Waals surface area contributed by atoms with Gasteiger partial charge in [-0.25, -0.2) is 12.8 Å². The van der Waals surface area contributed by atoms with Crippen molar-refractivity contribution in [3.05, 3.63) is 100 Å². The molecule has 0 aliphatic carbocycles. The molecule has 3 nitrogen and oxygen atoms in total. The van der Waals surface area contributed by atoms with Crippen LogP contribution in [0, 0.1) is 12.7 Å². The van der Waals surface area contributed by atoms with Gasteiger partial charge in [-0.3, -0.25) is 4.79 Å². The first-order valence-corrected chi connectivity index (χ1v) is 10.6. The Hall–Kier alpha value is -2.50. The second-order valence-corrected chi connectivity index (χ2v) is 9.07. The molecule has 0 unspecified atom stereocenters. The maximum Gasteiger partial charge on any atom is 0.185 e. The zero-order valence-corrected chi connectivity index (χ0v) is 16.7. The minimum atomic E-state index is -3.99. The summed E-state index contributed by atoms with van der Waals surface area (Å²) >= 11 is 5.85. The highest BCUT2D eigenvalue weighted by Gasteiger charge is 2.33. The topological polar surface area (TPSA) is 51.2 Å². The predicted octanol–water partition coefficient (Wildman–Crippen LogP) is 5.58. The molecule has 0 N–H and O–H groups in total. The standard InChI is InChI=1S/C22H18ClFO3S/c1-15-6-12-18(13-7-15)28(26,27)22(19-4-2-3-5-20(19)24)14-21(25)16-8-10-17(23)11-9-16/h2-13,22H,14H2,1H3/t22-/m0/s1. The zero-order chi connectivity index (χ0) is 20.3. The fourth-order valence-corrected chi connectivity index (χ4v) is 4.80. The molecule has 0 saturated heterocycles. The van der Waals surface area contributed by atoms with Crippen LogP contribution in [-0.4, -0.2) is 14.2 Å². The van der Waals surface area contributed by atoms with Gasteiger partial charge >= 0.3 is 0 Å². The molecule has 0 heterocycles. The summed E-state index contributed by atoms with van der Waals surface area (Å²) in [5.41, 5.74) is 1.20. The summed E-state index contributed by atoms with van der Waals surface area (Å²) in [6.07, 6.45) is -0.376. The first-order valence-electron chi connectivity index (χ1n) is 8.63. The van der Waals surface area contributed by atoms with Crippen molar-refractivity contribution in [2.45, 2.75) is 23.5 Å². The number of rotatable bonds is 6. The predicted molar refractivity (Wildman–Crippen MR) is 108 cm³/mol. The van der Waals surface area contributed by atoms with Crippen molar-refractivity contribution in [1.29, 1.82) is 0 Å². The fourth-order valence-electron chi connectivity index (χ4n) is 2.94. The Morgan fingerprint density at radius 3 is 2.18 bits per heavy atom. The molecule has 0 aliphatic rings. The van der Waals surface area contributed by atoms with Crippen LogP contribution >= 0.6 is 11.6 Å². The molecule has 0 amide bonds. The summed E-state index contributed by atoms with van der Waals surface area (Å²) in [5.74, 6) is -1.06.